The molecular formula is C24H30N4O2. The predicted molar refractivity (Wildman–Crippen MR) is 120 cm³/mol. The molecule has 0 spiro atoms. The van der Waals surface area contributed by atoms with E-state index in [4.69, 9.17) is 9.72 Å². The highest BCUT2D eigenvalue weighted by molar-refractivity contribution is 6.05. The lowest BCUT2D eigenvalue weighted by Crippen LogP contribution is -2.30. The number of hydrogen-bond acceptors (Lipinski definition) is 4. The Balaban J connectivity index is 1.55. The van der Waals surface area contributed by atoms with Crippen LogP contribution in [-0.4, -0.2) is 40.6 Å². The Kier molecular flexibility index (Phi) is 6.33. The van der Waals surface area contributed by atoms with Gasteiger partial charge in [-0.25, -0.2) is 4.98 Å². The van der Waals surface area contributed by atoms with Gasteiger partial charge in [0.15, 0.2) is 0 Å². The van der Waals surface area contributed by atoms with Crippen molar-refractivity contribution in [3.63, 3.8) is 0 Å². The van der Waals surface area contributed by atoms with E-state index in [1.165, 1.54) is 19.3 Å². The van der Waals surface area contributed by atoms with Gasteiger partial charge in [0.05, 0.1) is 24.7 Å². The van der Waals surface area contributed by atoms with Crippen molar-refractivity contribution in [3.8, 4) is 5.75 Å². The van der Waals surface area contributed by atoms with Gasteiger partial charge in [0.25, 0.3) is 5.91 Å². The number of imidazole rings is 1. The van der Waals surface area contributed by atoms with Crippen LogP contribution < -0.4 is 10.1 Å². The van der Waals surface area contributed by atoms with Crippen molar-refractivity contribution in [2.75, 3.05) is 25.5 Å². The fourth-order valence-electron chi connectivity index (χ4n) is 4.11. The molecule has 0 bridgehead atoms. The van der Waals surface area contributed by atoms with Crippen molar-refractivity contribution < 1.29 is 9.53 Å². The first kappa shape index (κ1) is 20.4. The first-order chi connectivity index (χ1) is 14.7. The third-order valence-electron chi connectivity index (χ3n) is 5.70. The molecule has 30 heavy (non-hydrogen) atoms. The summed E-state index contributed by atoms with van der Waals surface area (Å²) in [5.41, 5.74) is 3.42. The second kappa shape index (κ2) is 9.30. The number of anilines is 1. The lowest BCUT2D eigenvalue weighted by atomic mass is 10.1. The van der Waals surface area contributed by atoms with Crippen LogP contribution in [0.25, 0.3) is 11.0 Å². The summed E-state index contributed by atoms with van der Waals surface area (Å²) < 4.78 is 7.49. The highest BCUT2D eigenvalue weighted by Crippen LogP contribution is 2.23. The summed E-state index contributed by atoms with van der Waals surface area (Å²) in [5, 5.41) is 2.99. The SMILES string of the molecule is CCCn1c(CN2CCCCC2)nc2cc(NC(=O)c3ccc(OC)cc3)ccc21. The number of carbonyl (C=O) groups excluding carboxylic acids is 1. The quantitative estimate of drug-likeness (QED) is 0.618. The monoisotopic (exact) mass is 406 g/mol. The molecule has 0 radical (unpaired) electrons. The first-order valence-electron chi connectivity index (χ1n) is 10.8. The predicted octanol–water partition coefficient (Wildman–Crippen LogP) is 4.69. The van der Waals surface area contributed by atoms with E-state index < -0.39 is 0 Å². The second-order valence-electron chi connectivity index (χ2n) is 7.90. The van der Waals surface area contributed by atoms with Gasteiger partial charge in [0.2, 0.25) is 0 Å². The van der Waals surface area contributed by atoms with Gasteiger partial charge in [-0.1, -0.05) is 13.3 Å². The number of piperidine rings is 1. The van der Waals surface area contributed by atoms with E-state index in [0.717, 1.165) is 60.9 Å². The Bertz CT molecular complexity index is 1000. The Morgan fingerprint density at radius 2 is 1.87 bits per heavy atom. The summed E-state index contributed by atoms with van der Waals surface area (Å²) in [6, 6.07) is 13.1. The number of aromatic nitrogens is 2. The minimum atomic E-state index is -0.140. The summed E-state index contributed by atoms with van der Waals surface area (Å²) >= 11 is 0. The molecule has 2 heterocycles. The van der Waals surface area contributed by atoms with Gasteiger partial charge >= 0.3 is 0 Å². The van der Waals surface area contributed by atoms with E-state index in [1.807, 2.05) is 12.1 Å². The van der Waals surface area contributed by atoms with E-state index in [1.54, 1.807) is 31.4 Å². The van der Waals surface area contributed by atoms with Gasteiger partial charge in [-0.15, -0.1) is 0 Å². The molecule has 1 aliphatic heterocycles. The normalized spacial score (nSPS) is 14.7. The number of nitrogens with zero attached hydrogens (tertiary/aromatic N) is 3. The maximum Gasteiger partial charge on any atom is 0.255 e. The van der Waals surface area contributed by atoms with Gasteiger partial charge in [-0.05, 0) is 74.8 Å². The van der Waals surface area contributed by atoms with Crippen LogP contribution in [0.3, 0.4) is 0 Å². The van der Waals surface area contributed by atoms with Crippen LogP contribution in [-0.2, 0) is 13.1 Å². The highest BCUT2D eigenvalue weighted by atomic mass is 16.5. The number of carbonyl (C=O) groups is 1. The zero-order chi connectivity index (χ0) is 20.9. The zero-order valence-electron chi connectivity index (χ0n) is 17.9. The molecule has 6 heteroatoms. The molecule has 0 aliphatic carbocycles. The number of methoxy groups -OCH3 is 1. The number of benzene rings is 2. The highest BCUT2D eigenvalue weighted by Gasteiger charge is 2.17. The van der Waals surface area contributed by atoms with Crippen LogP contribution in [0.5, 0.6) is 5.75 Å². The van der Waals surface area contributed by atoms with Crippen molar-refractivity contribution in [3.05, 3.63) is 53.9 Å². The minimum Gasteiger partial charge on any atom is -0.497 e. The topological polar surface area (TPSA) is 59.4 Å². The van der Waals surface area contributed by atoms with Crippen molar-refractivity contribution in [1.82, 2.24) is 14.5 Å². The third-order valence-corrected chi connectivity index (χ3v) is 5.70. The van der Waals surface area contributed by atoms with Crippen molar-refractivity contribution in [2.24, 2.45) is 0 Å². The molecule has 1 N–H and O–H groups in total. The van der Waals surface area contributed by atoms with Gasteiger partial charge in [0.1, 0.15) is 11.6 Å². The van der Waals surface area contributed by atoms with Crippen molar-refractivity contribution in [2.45, 2.75) is 45.7 Å². The van der Waals surface area contributed by atoms with Crippen molar-refractivity contribution >= 4 is 22.6 Å². The number of likely N-dealkylation sites (tertiary alicyclic amines) is 1. The van der Waals surface area contributed by atoms with Gasteiger partial charge in [-0.2, -0.15) is 0 Å². The van der Waals surface area contributed by atoms with Gasteiger partial charge in [-0.3, -0.25) is 9.69 Å². The van der Waals surface area contributed by atoms with E-state index in [2.05, 4.69) is 27.8 Å². The number of nitrogens with one attached hydrogen (secondary N) is 1. The smallest absolute Gasteiger partial charge is 0.255 e. The summed E-state index contributed by atoms with van der Waals surface area (Å²) in [6.07, 6.45) is 4.94. The maximum atomic E-state index is 12.6. The fraction of sp³-hybridized carbons (Fsp3) is 0.417. The third kappa shape index (κ3) is 4.49. The molecule has 1 amide bonds. The molecule has 1 aliphatic rings. The van der Waals surface area contributed by atoms with Crippen LogP contribution in [0.15, 0.2) is 42.5 Å². The van der Waals surface area contributed by atoms with E-state index in [-0.39, 0.29) is 5.91 Å². The van der Waals surface area contributed by atoms with Crippen molar-refractivity contribution in [1.29, 1.82) is 0 Å². The largest absolute Gasteiger partial charge is 0.497 e. The average Bonchev–Trinajstić information content (AvgIpc) is 3.11. The molecule has 6 nitrogen and oxygen atoms in total. The Labute approximate surface area is 177 Å². The maximum absolute atomic E-state index is 12.6. The lowest BCUT2D eigenvalue weighted by Gasteiger charge is -2.26. The van der Waals surface area contributed by atoms with E-state index >= 15 is 0 Å². The average molecular weight is 407 g/mol. The van der Waals surface area contributed by atoms with Crippen LogP contribution >= 0.6 is 0 Å². The first-order valence-corrected chi connectivity index (χ1v) is 10.8. The Hall–Kier alpha value is -2.86. The lowest BCUT2D eigenvalue weighted by molar-refractivity contribution is 0.102. The van der Waals surface area contributed by atoms with Gasteiger partial charge in [0, 0.05) is 17.8 Å². The molecule has 3 aromatic rings. The molecule has 0 atom stereocenters. The molecule has 2 aromatic carbocycles. The summed E-state index contributed by atoms with van der Waals surface area (Å²) in [7, 11) is 1.61. The van der Waals surface area contributed by atoms with Crippen LogP contribution in [0, 0.1) is 0 Å². The van der Waals surface area contributed by atoms with E-state index in [9.17, 15) is 4.79 Å². The number of rotatable bonds is 7. The summed E-state index contributed by atoms with van der Waals surface area (Å²) in [6.45, 7) is 6.34. The molecular weight excluding hydrogens is 376 g/mol. The molecule has 0 unspecified atom stereocenters. The molecule has 1 aromatic heterocycles. The molecule has 158 valence electrons. The van der Waals surface area contributed by atoms with Gasteiger partial charge < -0.3 is 14.6 Å². The summed E-state index contributed by atoms with van der Waals surface area (Å²) in [4.78, 5) is 20.0. The van der Waals surface area contributed by atoms with Crippen LogP contribution in [0.2, 0.25) is 0 Å². The van der Waals surface area contributed by atoms with E-state index in [0.29, 0.717) is 5.56 Å². The van der Waals surface area contributed by atoms with Crippen LogP contribution in [0.4, 0.5) is 5.69 Å². The Morgan fingerprint density at radius 3 is 2.57 bits per heavy atom. The molecule has 4 rings (SSSR count). The fourth-order valence-corrected chi connectivity index (χ4v) is 4.11. The standard InChI is InChI=1S/C24H30N4O2/c1-3-13-28-22-12-9-19(25-24(29)18-7-10-20(30-2)11-8-18)16-21(22)26-23(28)17-27-14-5-4-6-15-27/h7-12,16H,3-6,13-15,17H2,1-2H3,(H,25,29). The number of ether oxygens (including phenoxy) is 1. The zero-order valence-corrected chi connectivity index (χ0v) is 17.9. The number of fused-ring (bicyclic) bond motifs is 1. The number of aryl methyl sites for hydroxylation is 1. The molecule has 1 saturated heterocycles. The number of amides is 1. The minimum absolute atomic E-state index is 0.140. The Morgan fingerprint density at radius 1 is 1.10 bits per heavy atom. The van der Waals surface area contributed by atoms with Crippen LogP contribution in [0.1, 0.15) is 48.8 Å². The molecule has 0 saturated carbocycles. The molecule has 1 fully saturated rings. The second-order valence-corrected chi connectivity index (χ2v) is 7.90. The summed E-state index contributed by atoms with van der Waals surface area (Å²) in [5.74, 6) is 1.71. The number of hydrogen-bond donors (Lipinski definition) is 1.